The van der Waals surface area contributed by atoms with E-state index in [0.29, 0.717) is 17.7 Å². The molecule has 0 radical (unpaired) electrons. The lowest BCUT2D eigenvalue weighted by atomic mass is 10.0. The van der Waals surface area contributed by atoms with E-state index in [1.165, 1.54) is 6.07 Å². The fourth-order valence-corrected chi connectivity index (χ4v) is 1.28. The molecule has 1 rings (SSSR count). The van der Waals surface area contributed by atoms with Crippen LogP contribution in [0.25, 0.3) is 0 Å². The van der Waals surface area contributed by atoms with E-state index in [2.05, 4.69) is 0 Å². The lowest BCUT2D eigenvalue weighted by Gasteiger charge is -2.10. The van der Waals surface area contributed by atoms with Gasteiger partial charge in [-0.3, -0.25) is 4.79 Å². The molecule has 0 heterocycles. The molecule has 0 aliphatic rings. The summed E-state index contributed by atoms with van der Waals surface area (Å²) in [6.45, 7) is 1.93. The van der Waals surface area contributed by atoms with Crippen LogP contribution >= 0.6 is 0 Å². The van der Waals surface area contributed by atoms with E-state index < -0.39 is 0 Å². The highest BCUT2D eigenvalue weighted by atomic mass is 19.1. The van der Waals surface area contributed by atoms with Gasteiger partial charge in [0, 0.05) is 5.56 Å². The number of hydrogen-bond donors (Lipinski definition) is 0. The molecule has 0 fully saturated rings. The Morgan fingerprint density at radius 3 is 2.64 bits per heavy atom. The molecule has 0 unspecified atom stereocenters. The van der Waals surface area contributed by atoms with Crippen LogP contribution in [0.1, 0.15) is 15.9 Å². The van der Waals surface area contributed by atoms with E-state index in [1.807, 2.05) is 14.1 Å². The quantitative estimate of drug-likeness (QED) is 0.686. The van der Waals surface area contributed by atoms with Gasteiger partial charge in [0.15, 0.2) is 5.78 Å². The number of Topliss-reactive ketones (excluding diaryl/α,β-unsaturated/α-hetero) is 1. The van der Waals surface area contributed by atoms with Crippen molar-refractivity contribution in [2.75, 3.05) is 20.6 Å². The van der Waals surface area contributed by atoms with Crippen LogP contribution in [-0.2, 0) is 0 Å². The summed E-state index contributed by atoms with van der Waals surface area (Å²) in [4.78, 5) is 13.4. The van der Waals surface area contributed by atoms with E-state index in [1.54, 1.807) is 24.0 Å². The summed E-state index contributed by atoms with van der Waals surface area (Å²) in [7, 11) is 3.62. The van der Waals surface area contributed by atoms with Crippen LogP contribution < -0.4 is 0 Å². The van der Waals surface area contributed by atoms with E-state index in [4.69, 9.17) is 0 Å². The predicted molar refractivity (Wildman–Crippen MR) is 54.0 cm³/mol. The molecule has 0 amide bonds. The number of rotatable bonds is 3. The van der Waals surface area contributed by atoms with Crippen molar-refractivity contribution in [1.29, 1.82) is 0 Å². The Morgan fingerprint density at radius 2 is 2.07 bits per heavy atom. The van der Waals surface area contributed by atoms with Gasteiger partial charge in [-0.25, -0.2) is 4.39 Å². The molecule has 0 saturated carbocycles. The molecule has 0 spiro atoms. The maximum absolute atomic E-state index is 13.1. The second kappa shape index (κ2) is 4.33. The van der Waals surface area contributed by atoms with Crippen molar-refractivity contribution < 1.29 is 9.18 Å². The number of carbonyl (C=O) groups excluding carboxylic acids is 1. The van der Waals surface area contributed by atoms with E-state index >= 15 is 0 Å². The number of ketones is 1. The largest absolute Gasteiger partial charge is 0.302 e. The SMILES string of the molecule is Cc1c(F)cccc1C(=O)CN(C)C. The Bertz CT molecular complexity index is 347. The van der Waals surface area contributed by atoms with Gasteiger partial charge in [0.1, 0.15) is 5.82 Å². The fourth-order valence-electron chi connectivity index (χ4n) is 1.28. The molecule has 3 heteroatoms. The van der Waals surface area contributed by atoms with Crippen LogP contribution in [0.15, 0.2) is 18.2 Å². The summed E-state index contributed by atoms with van der Waals surface area (Å²) >= 11 is 0. The lowest BCUT2D eigenvalue weighted by Crippen LogP contribution is -2.22. The summed E-state index contributed by atoms with van der Waals surface area (Å²) in [5.41, 5.74) is 0.901. The van der Waals surface area contributed by atoms with Gasteiger partial charge in [-0.15, -0.1) is 0 Å². The van der Waals surface area contributed by atoms with Crippen LogP contribution in [0, 0.1) is 12.7 Å². The van der Waals surface area contributed by atoms with Crippen LogP contribution in [0.4, 0.5) is 4.39 Å². The molecule has 0 aliphatic heterocycles. The average molecular weight is 195 g/mol. The van der Waals surface area contributed by atoms with Crippen molar-refractivity contribution in [1.82, 2.24) is 4.90 Å². The second-order valence-corrected chi connectivity index (χ2v) is 3.57. The molecule has 0 atom stereocenters. The number of halogens is 1. The van der Waals surface area contributed by atoms with Gasteiger partial charge >= 0.3 is 0 Å². The van der Waals surface area contributed by atoms with Crippen molar-refractivity contribution in [2.45, 2.75) is 6.92 Å². The van der Waals surface area contributed by atoms with Gasteiger partial charge in [-0.1, -0.05) is 12.1 Å². The van der Waals surface area contributed by atoms with E-state index in [0.717, 1.165) is 0 Å². The standard InChI is InChI=1S/C11H14FNO/c1-8-9(5-4-6-10(8)12)11(14)7-13(2)3/h4-6H,7H2,1-3H3. The highest BCUT2D eigenvalue weighted by molar-refractivity contribution is 5.98. The van der Waals surface area contributed by atoms with Crippen molar-refractivity contribution in [3.05, 3.63) is 35.1 Å². The fraction of sp³-hybridized carbons (Fsp3) is 0.364. The molecular weight excluding hydrogens is 181 g/mol. The number of benzene rings is 1. The highest BCUT2D eigenvalue weighted by Gasteiger charge is 2.11. The summed E-state index contributed by atoms with van der Waals surface area (Å²) in [5, 5.41) is 0. The van der Waals surface area contributed by atoms with Crippen molar-refractivity contribution >= 4 is 5.78 Å². The Hall–Kier alpha value is -1.22. The molecule has 1 aromatic carbocycles. The third-order valence-corrected chi connectivity index (χ3v) is 2.03. The minimum Gasteiger partial charge on any atom is -0.302 e. The van der Waals surface area contributed by atoms with Gasteiger partial charge in [-0.2, -0.15) is 0 Å². The third kappa shape index (κ3) is 2.39. The Balaban J connectivity index is 2.96. The predicted octanol–water partition coefficient (Wildman–Crippen LogP) is 1.88. The van der Waals surface area contributed by atoms with Gasteiger partial charge in [-0.05, 0) is 32.6 Å². The third-order valence-electron chi connectivity index (χ3n) is 2.03. The van der Waals surface area contributed by atoms with Crippen LogP contribution in [0.3, 0.4) is 0 Å². The molecular formula is C11H14FNO. The maximum Gasteiger partial charge on any atom is 0.177 e. The first-order valence-corrected chi connectivity index (χ1v) is 4.45. The Morgan fingerprint density at radius 1 is 1.43 bits per heavy atom. The topological polar surface area (TPSA) is 20.3 Å². The zero-order valence-electron chi connectivity index (χ0n) is 8.67. The monoisotopic (exact) mass is 195 g/mol. The molecule has 0 saturated heterocycles. The molecule has 0 N–H and O–H groups in total. The zero-order valence-corrected chi connectivity index (χ0v) is 8.67. The minimum absolute atomic E-state index is 0.0491. The molecule has 0 aromatic heterocycles. The highest BCUT2D eigenvalue weighted by Crippen LogP contribution is 2.12. The molecule has 0 aliphatic carbocycles. The lowest BCUT2D eigenvalue weighted by molar-refractivity contribution is 0.0956. The first-order valence-electron chi connectivity index (χ1n) is 4.45. The molecule has 2 nitrogen and oxygen atoms in total. The smallest absolute Gasteiger partial charge is 0.177 e. The summed E-state index contributed by atoms with van der Waals surface area (Å²) in [6, 6.07) is 4.58. The summed E-state index contributed by atoms with van der Waals surface area (Å²) < 4.78 is 13.1. The number of likely N-dealkylation sites (N-methyl/N-ethyl adjacent to an activating group) is 1. The van der Waals surface area contributed by atoms with Gasteiger partial charge < -0.3 is 4.90 Å². The Kier molecular flexibility index (Phi) is 3.36. The van der Waals surface area contributed by atoms with Crippen LogP contribution in [-0.4, -0.2) is 31.3 Å². The second-order valence-electron chi connectivity index (χ2n) is 3.57. The van der Waals surface area contributed by atoms with Crippen LogP contribution in [0.2, 0.25) is 0 Å². The van der Waals surface area contributed by atoms with Crippen molar-refractivity contribution in [2.24, 2.45) is 0 Å². The first-order chi connectivity index (χ1) is 6.52. The Labute approximate surface area is 83.3 Å². The first kappa shape index (κ1) is 10.9. The van der Waals surface area contributed by atoms with Crippen LogP contribution in [0.5, 0.6) is 0 Å². The van der Waals surface area contributed by atoms with Gasteiger partial charge in [0.25, 0.3) is 0 Å². The maximum atomic E-state index is 13.1. The van der Waals surface area contributed by atoms with Gasteiger partial charge in [0.2, 0.25) is 0 Å². The normalized spacial score (nSPS) is 10.6. The summed E-state index contributed by atoms with van der Waals surface area (Å²) in [5.74, 6) is -0.374. The van der Waals surface area contributed by atoms with Gasteiger partial charge in [0.05, 0.1) is 6.54 Å². The molecule has 76 valence electrons. The van der Waals surface area contributed by atoms with E-state index in [-0.39, 0.29) is 11.6 Å². The number of hydrogen-bond acceptors (Lipinski definition) is 2. The molecule has 14 heavy (non-hydrogen) atoms. The average Bonchev–Trinajstić information content (AvgIpc) is 2.08. The molecule has 1 aromatic rings. The number of carbonyl (C=O) groups is 1. The zero-order chi connectivity index (χ0) is 10.7. The van der Waals surface area contributed by atoms with Crippen molar-refractivity contribution in [3.63, 3.8) is 0 Å². The minimum atomic E-state index is -0.324. The summed E-state index contributed by atoms with van der Waals surface area (Å²) in [6.07, 6.45) is 0. The molecule has 0 bridgehead atoms. The number of nitrogens with zero attached hydrogens (tertiary/aromatic N) is 1. The van der Waals surface area contributed by atoms with E-state index in [9.17, 15) is 9.18 Å². The van der Waals surface area contributed by atoms with Crippen molar-refractivity contribution in [3.8, 4) is 0 Å².